The fraction of sp³-hybridized carbons (Fsp3) is 0.0455. The number of nitrogens with zero attached hydrogens (tertiary/aromatic N) is 6. The number of rotatable bonds is 6. The predicted molar refractivity (Wildman–Crippen MR) is 120 cm³/mol. The van der Waals surface area contributed by atoms with Crippen LogP contribution in [0.2, 0.25) is 0 Å². The molecule has 0 bridgehead atoms. The average molecular weight is 426 g/mol. The summed E-state index contributed by atoms with van der Waals surface area (Å²) in [5.74, 6) is 1.11. The molecule has 0 fully saturated rings. The highest BCUT2D eigenvalue weighted by Gasteiger charge is 2.11. The Morgan fingerprint density at radius 2 is 2.00 bits per heavy atom. The van der Waals surface area contributed by atoms with Crippen molar-refractivity contribution in [2.45, 2.75) is 0 Å². The van der Waals surface area contributed by atoms with Crippen molar-refractivity contribution in [1.29, 1.82) is 0 Å². The average Bonchev–Trinajstić information content (AvgIpc) is 3.37. The van der Waals surface area contributed by atoms with E-state index in [2.05, 4.69) is 37.3 Å². The highest BCUT2D eigenvalue weighted by atomic mass is 16.5. The first-order chi connectivity index (χ1) is 15.6. The lowest BCUT2D eigenvalue weighted by Crippen LogP contribution is -2.07. The predicted octanol–water partition coefficient (Wildman–Crippen LogP) is 3.67. The van der Waals surface area contributed by atoms with Crippen LogP contribution < -0.4 is 15.4 Å². The molecule has 0 unspecified atom stereocenters. The second-order valence-electron chi connectivity index (χ2n) is 6.94. The van der Waals surface area contributed by atoms with E-state index >= 15 is 0 Å². The molecule has 2 N–H and O–H groups in total. The number of carbonyl (C=O) groups excluding carboxylic acids is 1. The zero-order chi connectivity index (χ0) is 22.1. The number of ether oxygens (including phenoxy) is 1. The minimum atomic E-state index is -0.296. The van der Waals surface area contributed by atoms with Gasteiger partial charge in [-0.3, -0.25) is 4.79 Å². The summed E-state index contributed by atoms with van der Waals surface area (Å²) in [5.41, 5.74) is 3.51. The Kier molecular flexibility index (Phi) is 4.71. The van der Waals surface area contributed by atoms with Gasteiger partial charge in [0.15, 0.2) is 11.3 Å². The fourth-order valence-electron chi connectivity index (χ4n) is 3.17. The monoisotopic (exact) mass is 426 g/mol. The van der Waals surface area contributed by atoms with Gasteiger partial charge in [0, 0.05) is 24.9 Å². The number of anilines is 3. The Morgan fingerprint density at radius 1 is 1.12 bits per heavy atom. The number of hydrogen-bond donors (Lipinski definition) is 2. The van der Waals surface area contributed by atoms with Gasteiger partial charge < -0.3 is 19.9 Å². The largest absolute Gasteiger partial charge is 0.439 e. The first-order valence-corrected chi connectivity index (χ1v) is 9.70. The minimum absolute atomic E-state index is 0.296. The molecule has 0 aliphatic carbocycles. The molecule has 0 spiro atoms. The third-order valence-corrected chi connectivity index (χ3v) is 4.67. The van der Waals surface area contributed by atoms with Crippen LogP contribution >= 0.6 is 0 Å². The summed E-state index contributed by atoms with van der Waals surface area (Å²) in [6.45, 7) is 3.45. The van der Waals surface area contributed by atoms with E-state index < -0.39 is 0 Å². The van der Waals surface area contributed by atoms with Crippen LogP contribution in [0, 0.1) is 0 Å². The summed E-state index contributed by atoms with van der Waals surface area (Å²) >= 11 is 0. The zero-order valence-electron chi connectivity index (χ0n) is 17.1. The number of amides is 1. The van der Waals surface area contributed by atoms with E-state index in [4.69, 9.17) is 4.74 Å². The molecule has 0 saturated carbocycles. The number of benzene rings is 1. The summed E-state index contributed by atoms with van der Waals surface area (Å²) < 4.78 is 9.49. The number of fused-ring (bicyclic) bond motifs is 2. The number of carbonyl (C=O) groups is 1. The van der Waals surface area contributed by atoms with Crippen LogP contribution in [0.5, 0.6) is 11.6 Å². The van der Waals surface area contributed by atoms with Gasteiger partial charge >= 0.3 is 0 Å². The third kappa shape index (κ3) is 3.72. The Labute approximate surface area is 182 Å². The van der Waals surface area contributed by atoms with E-state index in [-0.39, 0.29) is 5.91 Å². The number of aryl methyl sites for hydroxylation is 1. The van der Waals surface area contributed by atoms with Crippen molar-refractivity contribution in [2.24, 2.45) is 7.05 Å². The molecule has 0 aliphatic heterocycles. The summed E-state index contributed by atoms with van der Waals surface area (Å²) in [4.78, 5) is 24.6. The van der Waals surface area contributed by atoms with Crippen LogP contribution in [0.1, 0.15) is 0 Å². The topological polar surface area (TPSA) is 111 Å². The van der Waals surface area contributed by atoms with Gasteiger partial charge in [0.05, 0.1) is 23.7 Å². The molecule has 5 rings (SSSR count). The Bertz CT molecular complexity index is 1470. The van der Waals surface area contributed by atoms with Crippen molar-refractivity contribution < 1.29 is 9.53 Å². The zero-order valence-corrected chi connectivity index (χ0v) is 17.1. The second-order valence-corrected chi connectivity index (χ2v) is 6.94. The van der Waals surface area contributed by atoms with Crippen molar-refractivity contribution in [3.8, 4) is 11.6 Å². The van der Waals surface area contributed by atoms with Crippen molar-refractivity contribution in [3.05, 3.63) is 73.7 Å². The van der Waals surface area contributed by atoms with Gasteiger partial charge in [-0.05, 0) is 30.3 Å². The lowest BCUT2D eigenvalue weighted by Gasteiger charge is -2.08. The van der Waals surface area contributed by atoms with Crippen LogP contribution in [-0.4, -0.2) is 35.0 Å². The molecule has 0 aliphatic rings. The molecule has 10 nitrogen and oxygen atoms in total. The first kappa shape index (κ1) is 19.2. The van der Waals surface area contributed by atoms with E-state index in [9.17, 15) is 4.79 Å². The number of imidazole rings is 1. The van der Waals surface area contributed by atoms with E-state index in [1.807, 2.05) is 29.8 Å². The molecule has 5 aromatic rings. The fourth-order valence-corrected chi connectivity index (χ4v) is 3.17. The number of nitrogens with one attached hydrogen (secondary N) is 2. The number of pyridine rings is 2. The summed E-state index contributed by atoms with van der Waals surface area (Å²) in [6, 6.07) is 14.4. The molecule has 158 valence electrons. The van der Waals surface area contributed by atoms with Crippen LogP contribution in [0.4, 0.5) is 17.3 Å². The quantitative estimate of drug-likeness (QED) is 0.399. The van der Waals surface area contributed by atoms with Crippen LogP contribution in [0.15, 0.2) is 73.7 Å². The second kappa shape index (κ2) is 7.84. The maximum atomic E-state index is 11.5. The van der Waals surface area contributed by atoms with E-state index in [1.165, 1.54) is 6.08 Å². The van der Waals surface area contributed by atoms with Gasteiger partial charge in [-0.15, -0.1) is 5.10 Å². The standard InChI is InChI=1S/C22H18N8O2/c1-3-19(31)25-14-6-4-7-16(10-14)32-20-9-5-8-18-27-22(28-30(18)20)26-15-11-17-21(23-12-15)24-13-29(17)2/h3-13H,1H2,2H3,(H,25,31)(H,26,28). The molecule has 0 radical (unpaired) electrons. The van der Waals surface area contributed by atoms with Crippen LogP contribution in [-0.2, 0) is 11.8 Å². The van der Waals surface area contributed by atoms with Gasteiger partial charge in [0.1, 0.15) is 5.75 Å². The Hall–Kier alpha value is -4.73. The van der Waals surface area contributed by atoms with Crippen molar-refractivity contribution in [1.82, 2.24) is 29.1 Å². The van der Waals surface area contributed by atoms with Crippen LogP contribution in [0.3, 0.4) is 0 Å². The van der Waals surface area contributed by atoms with Crippen LogP contribution in [0.25, 0.3) is 16.8 Å². The third-order valence-electron chi connectivity index (χ3n) is 4.67. The van der Waals surface area contributed by atoms with E-state index in [1.54, 1.807) is 47.4 Å². The lowest BCUT2D eigenvalue weighted by atomic mass is 10.3. The molecule has 1 amide bonds. The normalized spacial score (nSPS) is 10.9. The molecule has 0 saturated heterocycles. The number of hydrogen-bond acceptors (Lipinski definition) is 7. The molecular weight excluding hydrogens is 408 g/mol. The van der Waals surface area contributed by atoms with Gasteiger partial charge in [0.2, 0.25) is 17.7 Å². The SMILES string of the molecule is C=CC(=O)Nc1cccc(Oc2cccc3nc(Nc4cnc5ncn(C)c5c4)nn23)c1. The summed E-state index contributed by atoms with van der Waals surface area (Å²) in [7, 11) is 1.91. The lowest BCUT2D eigenvalue weighted by molar-refractivity contribution is -0.111. The molecule has 1 aromatic carbocycles. The minimum Gasteiger partial charge on any atom is -0.439 e. The summed E-state index contributed by atoms with van der Waals surface area (Å²) in [5, 5.41) is 10.4. The van der Waals surface area contributed by atoms with Gasteiger partial charge in [-0.2, -0.15) is 9.50 Å². The highest BCUT2D eigenvalue weighted by Crippen LogP contribution is 2.26. The van der Waals surface area contributed by atoms with Crippen molar-refractivity contribution >= 4 is 40.0 Å². The molecule has 4 heterocycles. The van der Waals surface area contributed by atoms with Gasteiger partial charge in [0.25, 0.3) is 0 Å². The maximum Gasteiger partial charge on any atom is 0.247 e. The maximum absolute atomic E-state index is 11.5. The van der Waals surface area contributed by atoms with E-state index in [0.717, 1.165) is 11.2 Å². The van der Waals surface area contributed by atoms with Crippen molar-refractivity contribution in [2.75, 3.05) is 10.6 Å². The smallest absolute Gasteiger partial charge is 0.247 e. The van der Waals surface area contributed by atoms with Crippen molar-refractivity contribution in [3.63, 3.8) is 0 Å². The Morgan fingerprint density at radius 3 is 2.88 bits per heavy atom. The molecule has 0 atom stereocenters. The number of aromatic nitrogens is 6. The first-order valence-electron chi connectivity index (χ1n) is 9.70. The van der Waals surface area contributed by atoms with Gasteiger partial charge in [-0.1, -0.05) is 18.7 Å². The highest BCUT2D eigenvalue weighted by molar-refractivity contribution is 5.98. The van der Waals surface area contributed by atoms with Gasteiger partial charge in [-0.25, -0.2) is 9.97 Å². The molecule has 32 heavy (non-hydrogen) atoms. The summed E-state index contributed by atoms with van der Waals surface area (Å²) in [6.07, 6.45) is 4.60. The Balaban J connectivity index is 1.42. The molecular formula is C22H18N8O2. The molecule has 4 aromatic heterocycles. The molecule has 10 heteroatoms. The van der Waals surface area contributed by atoms with E-state index in [0.29, 0.717) is 34.6 Å².